The molecule has 0 unspecified atom stereocenters. The van der Waals surface area contributed by atoms with Crippen molar-refractivity contribution in [1.29, 1.82) is 0 Å². The molecule has 23 heavy (non-hydrogen) atoms. The van der Waals surface area contributed by atoms with Crippen LogP contribution in [0.25, 0.3) is 22.6 Å². The Morgan fingerprint density at radius 2 is 2.09 bits per heavy atom. The van der Waals surface area contributed by atoms with Gasteiger partial charge in [0.25, 0.3) is 0 Å². The quantitative estimate of drug-likeness (QED) is 0.755. The number of pyridine rings is 2. The van der Waals surface area contributed by atoms with Gasteiger partial charge in [0.15, 0.2) is 5.65 Å². The van der Waals surface area contributed by atoms with Gasteiger partial charge < -0.3 is 15.0 Å². The zero-order valence-corrected chi connectivity index (χ0v) is 13.2. The normalized spacial score (nSPS) is 16.2. The summed E-state index contributed by atoms with van der Waals surface area (Å²) in [5, 5.41) is 10.2. The molecule has 1 saturated heterocycles. The number of imidazole rings is 1. The Labute approximate surface area is 138 Å². The van der Waals surface area contributed by atoms with Crippen molar-refractivity contribution in [2.45, 2.75) is 18.9 Å². The van der Waals surface area contributed by atoms with Crippen molar-refractivity contribution in [1.82, 2.24) is 19.9 Å². The third-order valence-electron chi connectivity index (χ3n) is 4.14. The number of aliphatic hydroxyl groups is 1. The smallest absolute Gasteiger partial charge is 0.178 e. The molecule has 3 aromatic rings. The van der Waals surface area contributed by atoms with E-state index in [4.69, 9.17) is 11.6 Å². The second-order valence-electron chi connectivity index (χ2n) is 5.70. The molecule has 0 radical (unpaired) electrons. The minimum absolute atomic E-state index is 0.209. The van der Waals surface area contributed by atoms with Crippen LogP contribution in [0.5, 0.6) is 0 Å². The van der Waals surface area contributed by atoms with E-state index in [1.165, 1.54) is 0 Å². The Hall–Kier alpha value is -2.18. The van der Waals surface area contributed by atoms with Crippen LogP contribution in [0.15, 0.2) is 30.6 Å². The molecule has 1 aliphatic rings. The van der Waals surface area contributed by atoms with Crippen LogP contribution in [0.4, 0.5) is 5.82 Å². The van der Waals surface area contributed by atoms with Gasteiger partial charge in [-0.05, 0) is 31.0 Å². The summed E-state index contributed by atoms with van der Waals surface area (Å²) in [6.07, 6.45) is 4.67. The molecule has 0 saturated carbocycles. The van der Waals surface area contributed by atoms with Crippen LogP contribution in [-0.4, -0.2) is 44.2 Å². The first-order valence-corrected chi connectivity index (χ1v) is 7.98. The monoisotopic (exact) mass is 329 g/mol. The summed E-state index contributed by atoms with van der Waals surface area (Å²) >= 11 is 6.32. The number of rotatable bonds is 2. The molecule has 0 amide bonds. The first-order valence-electron chi connectivity index (χ1n) is 7.60. The minimum Gasteiger partial charge on any atom is -0.393 e. The van der Waals surface area contributed by atoms with E-state index in [9.17, 15) is 5.11 Å². The van der Waals surface area contributed by atoms with E-state index in [0.29, 0.717) is 16.5 Å². The number of aromatic amines is 1. The fourth-order valence-corrected chi connectivity index (χ4v) is 3.04. The Morgan fingerprint density at radius 3 is 2.87 bits per heavy atom. The van der Waals surface area contributed by atoms with Crippen LogP contribution in [0.2, 0.25) is 5.02 Å². The van der Waals surface area contributed by atoms with Crippen molar-refractivity contribution in [2.24, 2.45) is 0 Å². The summed E-state index contributed by atoms with van der Waals surface area (Å²) in [7, 11) is 0. The van der Waals surface area contributed by atoms with Gasteiger partial charge in [0, 0.05) is 31.0 Å². The SMILES string of the molecule is OC1CCN(c2cc(-c3nc4ncccc4[nH]3)c(Cl)cn2)CC1. The number of aliphatic hydroxyl groups excluding tert-OH is 1. The van der Waals surface area contributed by atoms with Crippen molar-refractivity contribution < 1.29 is 5.11 Å². The Balaban J connectivity index is 1.71. The third kappa shape index (κ3) is 2.75. The van der Waals surface area contributed by atoms with E-state index in [0.717, 1.165) is 42.8 Å². The maximum Gasteiger partial charge on any atom is 0.178 e. The molecule has 7 heteroatoms. The molecule has 6 nitrogen and oxygen atoms in total. The number of nitrogens with one attached hydrogen (secondary N) is 1. The zero-order chi connectivity index (χ0) is 15.8. The van der Waals surface area contributed by atoms with Gasteiger partial charge in [-0.3, -0.25) is 0 Å². The second-order valence-corrected chi connectivity index (χ2v) is 6.11. The molecular weight excluding hydrogens is 314 g/mol. The number of H-pyrrole nitrogens is 1. The number of anilines is 1. The number of piperidine rings is 1. The van der Waals surface area contributed by atoms with Crippen LogP contribution in [0.1, 0.15) is 12.8 Å². The van der Waals surface area contributed by atoms with Crippen molar-refractivity contribution in [3.63, 3.8) is 0 Å². The zero-order valence-electron chi connectivity index (χ0n) is 12.4. The lowest BCUT2D eigenvalue weighted by Crippen LogP contribution is -2.36. The molecule has 1 aliphatic heterocycles. The molecule has 0 spiro atoms. The average Bonchev–Trinajstić information content (AvgIpc) is 3.00. The van der Waals surface area contributed by atoms with Gasteiger partial charge in [-0.2, -0.15) is 0 Å². The van der Waals surface area contributed by atoms with E-state index >= 15 is 0 Å². The second kappa shape index (κ2) is 5.79. The summed E-state index contributed by atoms with van der Waals surface area (Å²) in [5.41, 5.74) is 2.34. The number of fused-ring (bicyclic) bond motifs is 1. The molecule has 0 aromatic carbocycles. The van der Waals surface area contributed by atoms with E-state index in [-0.39, 0.29) is 6.10 Å². The summed E-state index contributed by atoms with van der Waals surface area (Å²) < 4.78 is 0. The predicted molar refractivity (Wildman–Crippen MR) is 89.6 cm³/mol. The Morgan fingerprint density at radius 1 is 1.26 bits per heavy atom. The van der Waals surface area contributed by atoms with Gasteiger partial charge in [-0.15, -0.1) is 0 Å². The highest BCUT2D eigenvalue weighted by Crippen LogP contribution is 2.30. The molecule has 4 heterocycles. The summed E-state index contributed by atoms with van der Waals surface area (Å²) in [5.74, 6) is 1.54. The van der Waals surface area contributed by atoms with Crippen molar-refractivity contribution in [3.05, 3.63) is 35.6 Å². The number of hydrogen-bond acceptors (Lipinski definition) is 5. The lowest BCUT2D eigenvalue weighted by molar-refractivity contribution is 0.145. The highest BCUT2D eigenvalue weighted by molar-refractivity contribution is 6.33. The van der Waals surface area contributed by atoms with E-state index in [1.54, 1.807) is 12.4 Å². The molecule has 2 N–H and O–H groups in total. The number of hydrogen-bond donors (Lipinski definition) is 2. The molecule has 118 valence electrons. The van der Waals surface area contributed by atoms with Gasteiger partial charge in [0.05, 0.1) is 16.6 Å². The van der Waals surface area contributed by atoms with E-state index in [2.05, 4.69) is 24.8 Å². The molecule has 0 atom stereocenters. The van der Waals surface area contributed by atoms with Gasteiger partial charge in [-0.25, -0.2) is 15.0 Å². The lowest BCUT2D eigenvalue weighted by Gasteiger charge is -2.30. The molecule has 0 bridgehead atoms. The van der Waals surface area contributed by atoms with Gasteiger partial charge >= 0.3 is 0 Å². The third-order valence-corrected chi connectivity index (χ3v) is 4.44. The van der Waals surface area contributed by atoms with Crippen molar-refractivity contribution >= 4 is 28.6 Å². The fraction of sp³-hybridized carbons (Fsp3) is 0.312. The standard InChI is InChI=1S/C16H16ClN5O/c17-12-9-19-14(22-6-3-10(23)4-7-22)8-11(12)15-20-13-2-1-5-18-16(13)21-15/h1-2,5,8-10,23H,3-4,6-7H2,(H,18,20,21). The van der Waals surface area contributed by atoms with Crippen molar-refractivity contribution in [3.8, 4) is 11.4 Å². The molecule has 1 fully saturated rings. The highest BCUT2D eigenvalue weighted by atomic mass is 35.5. The van der Waals surface area contributed by atoms with Crippen molar-refractivity contribution in [2.75, 3.05) is 18.0 Å². The average molecular weight is 330 g/mol. The lowest BCUT2D eigenvalue weighted by atomic mass is 10.1. The van der Waals surface area contributed by atoms with Gasteiger partial charge in [0.1, 0.15) is 11.6 Å². The van der Waals surface area contributed by atoms with Gasteiger partial charge in [-0.1, -0.05) is 11.6 Å². The van der Waals surface area contributed by atoms with E-state index < -0.39 is 0 Å². The molecular formula is C16H16ClN5O. The minimum atomic E-state index is -0.209. The summed E-state index contributed by atoms with van der Waals surface area (Å²) in [6.45, 7) is 1.58. The maximum atomic E-state index is 9.64. The molecule has 3 aromatic heterocycles. The maximum absolute atomic E-state index is 9.64. The van der Waals surface area contributed by atoms with Crippen LogP contribution < -0.4 is 4.90 Å². The van der Waals surface area contributed by atoms with Crippen LogP contribution in [0, 0.1) is 0 Å². The number of nitrogens with zero attached hydrogens (tertiary/aromatic N) is 4. The largest absolute Gasteiger partial charge is 0.393 e. The number of halogens is 1. The van der Waals surface area contributed by atoms with Gasteiger partial charge in [0.2, 0.25) is 0 Å². The fourth-order valence-electron chi connectivity index (χ4n) is 2.85. The first kappa shape index (κ1) is 14.4. The topological polar surface area (TPSA) is 77.9 Å². The number of aromatic nitrogens is 4. The van der Waals surface area contributed by atoms with E-state index in [1.807, 2.05) is 18.2 Å². The summed E-state index contributed by atoms with van der Waals surface area (Å²) in [4.78, 5) is 18.6. The molecule has 0 aliphatic carbocycles. The van der Waals surface area contributed by atoms with Crippen LogP contribution >= 0.6 is 11.6 Å². The Bertz CT molecular complexity index is 808. The van der Waals surface area contributed by atoms with Crippen LogP contribution in [0.3, 0.4) is 0 Å². The predicted octanol–water partition coefficient (Wildman–Crippen LogP) is 2.63. The van der Waals surface area contributed by atoms with Crippen LogP contribution in [-0.2, 0) is 0 Å². The first-order chi connectivity index (χ1) is 11.2. The molecule has 4 rings (SSSR count). The Kier molecular flexibility index (Phi) is 3.63. The highest BCUT2D eigenvalue weighted by Gasteiger charge is 2.20. The summed E-state index contributed by atoms with van der Waals surface area (Å²) in [6, 6.07) is 5.74.